The maximum atomic E-state index is 14.6. The van der Waals surface area contributed by atoms with Gasteiger partial charge in [-0.05, 0) is 37.9 Å². The molecule has 0 atom stereocenters. The second-order valence-electron chi connectivity index (χ2n) is 5.17. The van der Waals surface area contributed by atoms with E-state index in [4.69, 9.17) is 0 Å². The minimum absolute atomic E-state index is 0.230. The van der Waals surface area contributed by atoms with Crippen LogP contribution in [0.25, 0.3) is 0 Å². The molecule has 1 N–H and O–H groups in total. The van der Waals surface area contributed by atoms with E-state index in [9.17, 15) is 12.8 Å². The van der Waals surface area contributed by atoms with Crippen molar-refractivity contribution in [3.63, 3.8) is 0 Å². The first-order valence-electron chi connectivity index (χ1n) is 7.15. The Kier molecular flexibility index (Phi) is 5.76. The Bertz CT molecular complexity index is 601. The van der Waals surface area contributed by atoms with Crippen molar-refractivity contribution in [2.24, 2.45) is 0 Å². The Morgan fingerprint density at radius 3 is 2.62 bits per heavy atom. The summed E-state index contributed by atoms with van der Waals surface area (Å²) in [5.41, 5.74) is 0.371. The van der Waals surface area contributed by atoms with Crippen LogP contribution >= 0.6 is 15.9 Å². The van der Waals surface area contributed by atoms with E-state index in [2.05, 4.69) is 21.2 Å². The molecule has 1 fully saturated rings. The van der Waals surface area contributed by atoms with E-state index in [1.54, 1.807) is 6.07 Å². The molecule has 1 aliphatic rings. The molecule has 1 aromatic carbocycles. The van der Waals surface area contributed by atoms with Crippen LogP contribution in [0, 0.1) is 5.82 Å². The second kappa shape index (κ2) is 7.17. The molecule has 4 nitrogen and oxygen atoms in total. The van der Waals surface area contributed by atoms with Crippen LogP contribution in [0.5, 0.6) is 0 Å². The smallest absolute Gasteiger partial charge is 0.246 e. The molecule has 0 aliphatic carbocycles. The molecule has 1 heterocycles. The topological polar surface area (TPSA) is 49.4 Å². The molecule has 1 aromatic rings. The molecule has 21 heavy (non-hydrogen) atoms. The first kappa shape index (κ1) is 16.9. The van der Waals surface area contributed by atoms with E-state index in [-0.39, 0.29) is 4.90 Å². The van der Waals surface area contributed by atoms with Crippen molar-refractivity contribution < 1.29 is 12.8 Å². The number of rotatable bonds is 6. The molecule has 0 spiro atoms. The SMILES string of the molecule is CCCNCc1cc(Br)cc(S(=O)(=O)N2CCCC2)c1F. The molecule has 0 bridgehead atoms. The summed E-state index contributed by atoms with van der Waals surface area (Å²) >= 11 is 3.28. The van der Waals surface area contributed by atoms with Gasteiger partial charge in [-0.15, -0.1) is 0 Å². The highest BCUT2D eigenvalue weighted by Gasteiger charge is 2.30. The third-order valence-electron chi connectivity index (χ3n) is 3.50. The van der Waals surface area contributed by atoms with Gasteiger partial charge in [-0.1, -0.05) is 22.9 Å². The predicted molar refractivity (Wildman–Crippen MR) is 84.1 cm³/mol. The van der Waals surface area contributed by atoms with Crippen molar-refractivity contribution in [2.45, 2.75) is 37.6 Å². The summed E-state index contributed by atoms with van der Waals surface area (Å²) in [6, 6.07) is 2.98. The van der Waals surface area contributed by atoms with Crippen molar-refractivity contribution in [1.29, 1.82) is 0 Å². The van der Waals surface area contributed by atoms with E-state index in [1.165, 1.54) is 10.4 Å². The summed E-state index contributed by atoms with van der Waals surface area (Å²) in [6.45, 7) is 4.05. The highest BCUT2D eigenvalue weighted by molar-refractivity contribution is 9.10. The number of sulfonamides is 1. The van der Waals surface area contributed by atoms with Crippen molar-refractivity contribution >= 4 is 26.0 Å². The molecule has 2 rings (SSSR count). The number of benzene rings is 1. The number of hydrogen-bond acceptors (Lipinski definition) is 3. The number of nitrogens with zero attached hydrogens (tertiary/aromatic N) is 1. The lowest BCUT2D eigenvalue weighted by Gasteiger charge is -2.17. The molecule has 1 saturated heterocycles. The van der Waals surface area contributed by atoms with E-state index in [1.807, 2.05) is 6.92 Å². The van der Waals surface area contributed by atoms with Crippen LogP contribution < -0.4 is 5.32 Å². The van der Waals surface area contributed by atoms with Crippen LogP contribution in [0.3, 0.4) is 0 Å². The van der Waals surface area contributed by atoms with E-state index in [0.717, 1.165) is 25.8 Å². The van der Waals surface area contributed by atoms with E-state index >= 15 is 0 Å². The van der Waals surface area contributed by atoms with Crippen LogP contribution in [0.2, 0.25) is 0 Å². The monoisotopic (exact) mass is 378 g/mol. The van der Waals surface area contributed by atoms with Gasteiger partial charge < -0.3 is 5.32 Å². The predicted octanol–water partition coefficient (Wildman–Crippen LogP) is 2.87. The lowest BCUT2D eigenvalue weighted by molar-refractivity contribution is 0.467. The zero-order valence-corrected chi connectivity index (χ0v) is 14.4. The largest absolute Gasteiger partial charge is 0.313 e. The maximum Gasteiger partial charge on any atom is 0.246 e. The molecule has 7 heteroatoms. The fourth-order valence-corrected chi connectivity index (χ4v) is 4.71. The van der Waals surface area contributed by atoms with Crippen molar-refractivity contribution in [3.05, 3.63) is 28.0 Å². The van der Waals surface area contributed by atoms with Crippen LogP contribution in [-0.2, 0) is 16.6 Å². The highest BCUT2D eigenvalue weighted by atomic mass is 79.9. The summed E-state index contributed by atoms with van der Waals surface area (Å²) in [6.07, 6.45) is 2.61. The van der Waals surface area contributed by atoms with Gasteiger partial charge in [0.15, 0.2) is 0 Å². The first-order chi connectivity index (χ1) is 9.96. The van der Waals surface area contributed by atoms with E-state index in [0.29, 0.717) is 29.7 Å². The zero-order valence-electron chi connectivity index (χ0n) is 12.0. The van der Waals surface area contributed by atoms with Crippen molar-refractivity contribution in [1.82, 2.24) is 9.62 Å². The average molecular weight is 379 g/mol. The van der Waals surface area contributed by atoms with Gasteiger partial charge in [-0.2, -0.15) is 4.31 Å². The molecular weight excluding hydrogens is 359 g/mol. The molecule has 0 radical (unpaired) electrons. The minimum atomic E-state index is -3.74. The average Bonchev–Trinajstić information content (AvgIpc) is 2.97. The van der Waals surface area contributed by atoms with Gasteiger partial charge >= 0.3 is 0 Å². The number of halogens is 2. The van der Waals surface area contributed by atoms with Gasteiger partial charge in [-0.25, -0.2) is 12.8 Å². The molecule has 1 aliphatic heterocycles. The normalized spacial score (nSPS) is 16.5. The van der Waals surface area contributed by atoms with Crippen LogP contribution in [-0.4, -0.2) is 32.4 Å². The second-order valence-corrected chi connectivity index (χ2v) is 7.99. The minimum Gasteiger partial charge on any atom is -0.313 e. The third-order valence-corrected chi connectivity index (χ3v) is 5.86. The number of nitrogens with one attached hydrogen (secondary N) is 1. The Morgan fingerprint density at radius 2 is 2.00 bits per heavy atom. The molecule has 0 amide bonds. The Labute approximate surface area is 133 Å². The highest BCUT2D eigenvalue weighted by Crippen LogP contribution is 2.28. The van der Waals surface area contributed by atoms with Crippen molar-refractivity contribution in [3.8, 4) is 0 Å². The van der Waals surface area contributed by atoms with Crippen LogP contribution in [0.1, 0.15) is 31.7 Å². The molecule has 118 valence electrons. The third kappa shape index (κ3) is 3.83. The summed E-state index contributed by atoms with van der Waals surface area (Å²) in [7, 11) is -3.74. The Balaban J connectivity index is 2.34. The molecular formula is C14H20BrFN2O2S. The van der Waals surface area contributed by atoms with E-state index < -0.39 is 15.8 Å². The van der Waals surface area contributed by atoms with Gasteiger partial charge in [-0.3, -0.25) is 0 Å². The fourth-order valence-electron chi connectivity index (χ4n) is 2.40. The van der Waals surface area contributed by atoms with Gasteiger partial charge in [0, 0.05) is 29.7 Å². The molecule has 0 unspecified atom stereocenters. The van der Waals surface area contributed by atoms with Gasteiger partial charge in [0.25, 0.3) is 0 Å². The van der Waals surface area contributed by atoms with Gasteiger partial charge in [0.2, 0.25) is 10.0 Å². The van der Waals surface area contributed by atoms with Gasteiger partial charge in [0.05, 0.1) is 0 Å². The lowest BCUT2D eigenvalue weighted by Crippen LogP contribution is -2.29. The van der Waals surface area contributed by atoms with Crippen LogP contribution in [0.4, 0.5) is 4.39 Å². The van der Waals surface area contributed by atoms with Crippen LogP contribution in [0.15, 0.2) is 21.5 Å². The summed E-state index contributed by atoms with van der Waals surface area (Å²) in [4.78, 5) is -0.230. The Hall–Kier alpha value is -0.500. The zero-order chi connectivity index (χ0) is 15.5. The summed E-state index contributed by atoms with van der Waals surface area (Å²) in [5.74, 6) is -0.645. The molecule has 0 aromatic heterocycles. The Morgan fingerprint density at radius 1 is 1.33 bits per heavy atom. The quantitative estimate of drug-likeness (QED) is 0.774. The first-order valence-corrected chi connectivity index (χ1v) is 9.39. The summed E-state index contributed by atoms with van der Waals surface area (Å²) < 4.78 is 41.6. The van der Waals surface area contributed by atoms with Gasteiger partial charge in [0.1, 0.15) is 10.7 Å². The summed E-state index contributed by atoms with van der Waals surface area (Å²) in [5, 5.41) is 3.10. The maximum absolute atomic E-state index is 14.6. The number of hydrogen-bond donors (Lipinski definition) is 1. The molecule has 0 saturated carbocycles. The fraction of sp³-hybridized carbons (Fsp3) is 0.571. The standard InChI is InChI=1S/C14H20BrFN2O2S/c1-2-5-17-10-11-8-12(15)9-13(14(11)16)21(19,20)18-6-3-4-7-18/h8-9,17H,2-7,10H2,1H3. The van der Waals surface area contributed by atoms with Crippen molar-refractivity contribution in [2.75, 3.05) is 19.6 Å². The lowest BCUT2D eigenvalue weighted by atomic mass is 10.2.